The molecule has 2 fully saturated rings. The molecule has 106 valence electrons. The van der Waals surface area contributed by atoms with Gasteiger partial charge >= 0.3 is 0 Å². The van der Waals surface area contributed by atoms with Crippen LogP contribution in [0.25, 0.3) is 0 Å². The summed E-state index contributed by atoms with van der Waals surface area (Å²) in [7, 11) is 0. The number of rotatable bonds is 4. The molecule has 0 bridgehead atoms. The average Bonchev–Trinajstić information content (AvgIpc) is 2.72. The van der Waals surface area contributed by atoms with Crippen LogP contribution >= 0.6 is 0 Å². The van der Waals surface area contributed by atoms with Gasteiger partial charge in [-0.15, -0.1) is 0 Å². The van der Waals surface area contributed by atoms with Gasteiger partial charge in [-0.25, -0.2) is 0 Å². The Hall–Kier alpha value is -0.0800. The van der Waals surface area contributed by atoms with Crippen molar-refractivity contribution in [1.82, 2.24) is 5.32 Å². The van der Waals surface area contributed by atoms with Crippen molar-refractivity contribution in [1.29, 1.82) is 0 Å². The molecule has 0 aromatic heterocycles. The fourth-order valence-electron chi connectivity index (χ4n) is 3.60. The smallest absolute Gasteiger partial charge is 0.0685 e. The largest absolute Gasteiger partial charge is 0.375 e. The van der Waals surface area contributed by atoms with Gasteiger partial charge in [0.15, 0.2) is 0 Å². The van der Waals surface area contributed by atoms with Crippen molar-refractivity contribution in [3.05, 3.63) is 0 Å². The molecule has 1 aliphatic carbocycles. The molecule has 1 aliphatic heterocycles. The van der Waals surface area contributed by atoms with Gasteiger partial charge in [0.25, 0.3) is 0 Å². The molecule has 0 amide bonds. The van der Waals surface area contributed by atoms with E-state index in [1.807, 2.05) is 0 Å². The number of hydrogen-bond donors (Lipinski definition) is 1. The molecule has 1 saturated heterocycles. The summed E-state index contributed by atoms with van der Waals surface area (Å²) in [6, 6.07) is 0. The Kier molecular flexibility index (Phi) is 4.71. The van der Waals surface area contributed by atoms with Crippen molar-refractivity contribution >= 4 is 0 Å². The maximum Gasteiger partial charge on any atom is 0.0685 e. The summed E-state index contributed by atoms with van der Waals surface area (Å²) >= 11 is 0. The molecule has 1 heterocycles. The number of ether oxygens (including phenoxy) is 1. The summed E-state index contributed by atoms with van der Waals surface area (Å²) in [6.07, 6.45) is 10.7. The van der Waals surface area contributed by atoms with Gasteiger partial charge in [-0.3, -0.25) is 0 Å². The lowest BCUT2D eigenvalue weighted by Gasteiger charge is -2.38. The van der Waals surface area contributed by atoms with E-state index in [0.29, 0.717) is 5.60 Å². The number of hydrogen-bond acceptors (Lipinski definition) is 2. The highest BCUT2D eigenvalue weighted by molar-refractivity contribution is 4.91. The average molecular weight is 253 g/mol. The molecule has 0 radical (unpaired) electrons. The lowest BCUT2D eigenvalue weighted by molar-refractivity contribution is -0.0938. The molecule has 1 spiro atoms. The molecular weight excluding hydrogens is 222 g/mol. The van der Waals surface area contributed by atoms with Crippen molar-refractivity contribution in [2.75, 3.05) is 13.2 Å². The van der Waals surface area contributed by atoms with Gasteiger partial charge in [0, 0.05) is 12.1 Å². The zero-order valence-electron chi connectivity index (χ0n) is 12.6. The summed E-state index contributed by atoms with van der Waals surface area (Å²) in [5.74, 6) is 0.915. The first kappa shape index (κ1) is 14.3. The Balaban J connectivity index is 1.67. The van der Waals surface area contributed by atoms with E-state index < -0.39 is 0 Å². The minimum atomic E-state index is 0.266. The first-order valence-corrected chi connectivity index (χ1v) is 7.88. The van der Waals surface area contributed by atoms with Gasteiger partial charge in [0.2, 0.25) is 0 Å². The lowest BCUT2D eigenvalue weighted by Crippen LogP contribution is -2.38. The molecule has 1 atom stereocenters. The summed E-state index contributed by atoms with van der Waals surface area (Å²) in [5.41, 5.74) is 0.572. The molecule has 2 nitrogen and oxygen atoms in total. The SMILES string of the molecule is CC(C)(C)NCCCC1CCOC2(CCCC2)C1. The third-order valence-electron chi connectivity index (χ3n) is 4.55. The highest BCUT2D eigenvalue weighted by atomic mass is 16.5. The van der Waals surface area contributed by atoms with Crippen LogP contribution < -0.4 is 5.32 Å². The molecule has 2 heteroatoms. The normalized spacial score (nSPS) is 27.8. The molecule has 1 saturated carbocycles. The molecular formula is C16H31NO. The third-order valence-corrected chi connectivity index (χ3v) is 4.55. The van der Waals surface area contributed by atoms with Gasteiger partial charge < -0.3 is 10.1 Å². The van der Waals surface area contributed by atoms with Crippen LogP contribution in [0.3, 0.4) is 0 Å². The Morgan fingerprint density at radius 3 is 2.61 bits per heavy atom. The van der Waals surface area contributed by atoms with Crippen molar-refractivity contribution in [3.8, 4) is 0 Å². The fourth-order valence-corrected chi connectivity index (χ4v) is 3.60. The summed E-state index contributed by atoms with van der Waals surface area (Å²) in [5, 5.41) is 3.59. The van der Waals surface area contributed by atoms with E-state index in [4.69, 9.17) is 4.74 Å². The first-order valence-electron chi connectivity index (χ1n) is 7.88. The van der Waals surface area contributed by atoms with E-state index in [1.54, 1.807) is 0 Å². The van der Waals surface area contributed by atoms with E-state index >= 15 is 0 Å². The second-order valence-electron chi connectivity index (χ2n) is 7.42. The summed E-state index contributed by atoms with van der Waals surface area (Å²) < 4.78 is 6.10. The molecule has 0 aromatic carbocycles. The van der Waals surface area contributed by atoms with E-state index in [2.05, 4.69) is 26.1 Å². The highest BCUT2D eigenvalue weighted by Gasteiger charge is 2.39. The van der Waals surface area contributed by atoms with Gasteiger partial charge in [-0.1, -0.05) is 12.8 Å². The maximum absolute atomic E-state index is 6.10. The predicted octanol–water partition coefficient (Wildman–Crippen LogP) is 3.89. The monoisotopic (exact) mass is 253 g/mol. The van der Waals surface area contributed by atoms with Crippen LogP contribution in [0.5, 0.6) is 0 Å². The van der Waals surface area contributed by atoms with Gasteiger partial charge in [-0.2, -0.15) is 0 Å². The van der Waals surface area contributed by atoms with Crippen molar-refractivity contribution in [3.63, 3.8) is 0 Å². The Morgan fingerprint density at radius 2 is 1.94 bits per heavy atom. The van der Waals surface area contributed by atoms with Crippen LogP contribution in [0.15, 0.2) is 0 Å². The number of nitrogens with one attached hydrogen (secondary N) is 1. The van der Waals surface area contributed by atoms with E-state index in [1.165, 1.54) is 51.4 Å². The standard InChI is InChI=1S/C16H31NO/c1-15(2,3)17-11-6-7-14-8-12-18-16(13-14)9-4-5-10-16/h14,17H,4-13H2,1-3H3. The Labute approximate surface area is 113 Å². The molecule has 1 unspecified atom stereocenters. The second-order valence-corrected chi connectivity index (χ2v) is 7.42. The first-order chi connectivity index (χ1) is 8.49. The van der Waals surface area contributed by atoms with Crippen LogP contribution in [-0.2, 0) is 4.74 Å². The van der Waals surface area contributed by atoms with Crippen LogP contribution in [0.1, 0.15) is 72.1 Å². The van der Waals surface area contributed by atoms with Crippen LogP contribution in [-0.4, -0.2) is 24.3 Å². The fraction of sp³-hybridized carbons (Fsp3) is 1.00. The maximum atomic E-state index is 6.10. The minimum absolute atomic E-state index is 0.266. The van der Waals surface area contributed by atoms with Gasteiger partial charge in [0.1, 0.15) is 0 Å². The van der Waals surface area contributed by atoms with Crippen molar-refractivity contribution < 1.29 is 4.74 Å². The molecule has 18 heavy (non-hydrogen) atoms. The van der Waals surface area contributed by atoms with Gasteiger partial charge in [0.05, 0.1) is 5.60 Å². The lowest BCUT2D eigenvalue weighted by atomic mass is 9.82. The van der Waals surface area contributed by atoms with E-state index in [0.717, 1.165) is 19.1 Å². The second kappa shape index (κ2) is 5.92. The van der Waals surface area contributed by atoms with Crippen molar-refractivity contribution in [2.24, 2.45) is 5.92 Å². The predicted molar refractivity (Wildman–Crippen MR) is 76.9 cm³/mol. The van der Waals surface area contributed by atoms with Crippen LogP contribution in [0.4, 0.5) is 0 Å². The van der Waals surface area contributed by atoms with Gasteiger partial charge in [-0.05, 0) is 71.8 Å². The zero-order chi connectivity index (χ0) is 13.1. The zero-order valence-corrected chi connectivity index (χ0v) is 12.6. The molecule has 0 aromatic rings. The quantitative estimate of drug-likeness (QED) is 0.767. The van der Waals surface area contributed by atoms with Crippen LogP contribution in [0, 0.1) is 5.92 Å². The molecule has 2 aliphatic rings. The Morgan fingerprint density at radius 1 is 1.22 bits per heavy atom. The summed E-state index contributed by atoms with van der Waals surface area (Å²) in [6.45, 7) is 8.91. The topological polar surface area (TPSA) is 21.3 Å². The van der Waals surface area contributed by atoms with E-state index in [-0.39, 0.29) is 5.54 Å². The molecule has 1 N–H and O–H groups in total. The Bertz CT molecular complexity index is 250. The van der Waals surface area contributed by atoms with Crippen LogP contribution in [0.2, 0.25) is 0 Å². The third kappa shape index (κ3) is 4.24. The summed E-state index contributed by atoms with van der Waals surface area (Å²) in [4.78, 5) is 0. The van der Waals surface area contributed by atoms with Crippen molar-refractivity contribution in [2.45, 2.75) is 83.3 Å². The highest BCUT2D eigenvalue weighted by Crippen LogP contribution is 2.42. The van der Waals surface area contributed by atoms with E-state index in [9.17, 15) is 0 Å². The minimum Gasteiger partial charge on any atom is -0.375 e. The molecule has 2 rings (SSSR count).